The van der Waals surface area contributed by atoms with Crippen LogP contribution in [0.15, 0.2) is 24.4 Å². The number of aromatic amines is 1. The van der Waals surface area contributed by atoms with Gasteiger partial charge in [0.1, 0.15) is 5.75 Å². The maximum absolute atomic E-state index is 13.5. The van der Waals surface area contributed by atoms with Gasteiger partial charge < -0.3 is 19.7 Å². The highest BCUT2D eigenvalue weighted by molar-refractivity contribution is 5.90. The first-order valence-electron chi connectivity index (χ1n) is 11.4. The van der Waals surface area contributed by atoms with Crippen molar-refractivity contribution in [1.29, 1.82) is 0 Å². The monoisotopic (exact) mass is 452 g/mol. The fourth-order valence-corrected chi connectivity index (χ4v) is 5.98. The van der Waals surface area contributed by atoms with Crippen molar-refractivity contribution in [2.24, 2.45) is 5.41 Å². The summed E-state index contributed by atoms with van der Waals surface area (Å²) in [7, 11) is 0. The summed E-state index contributed by atoms with van der Waals surface area (Å²) in [6, 6.07) is 4.68. The summed E-state index contributed by atoms with van der Waals surface area (Å²) >= 11 is 0. The van der Waals surface area contributed by atoms with E-state index in [1.54, 1.807) is 12.3 Å². The smallest absolute Gasteiger partial charge is 0.405 e. The zero-order chi connectivity index (χ0) is 23.1. The Hall–Kier alpha value is -2.22. The Bertz CT molecular complexity index is 973. The topological polar surface area (TPSA) is 65.6 Å². The Morgan fingerprint density at radius 1 is 1.38 bits per heavy atom. The molecule has 8 heteroatoms. The minimum atomic E-state index is -4.79. The van der Waals surface area contributed by atoms with Crippen LogP contribution in [0.25, 0.3) is 10.9 Å². The summed E-state index contributed by atoms with van der Waals surface area (Å²) in [6.07, 6.45) is 2.71. The molecule has 2 aromatic rings. The van der Waals surface area contributed by atoms with Crippen LogP contribution >= 0.6 is 0 Å². The average molecular weight is 453 g/mol. The first-order valence-corrected chi connectivity index (χ1v) is 11.4. The quantitative estimate of drug-likeness (QED) is 0.609. The number of piperidine rings is 1. The van der Waals surface area contributed by atoms with Gasteiger partial charge in [-0.25, -0.2) is 0 Å². The van der Waals surface area contributed by atoms with E-state index in [9.17, 15) is 23.1 Å². The summed E-state index contributed by atoms with van der Waals surface area (Å²) < 4.78 is 43.0. The Balaban J connectivity index is 1.58. The molecule has 2 heterocycles. The third-order valence-corrected chi connectivity index (χ3v) is 7.25. The number of nitrogens with zero attached hydrogens (tertiary/aromatic N) is 1. The Kier molecular flexibility index (Phi) is 6.18. The fraction of sp³-hybridized carbons (Fsp3) is 0.625. The number of nitrogens with one attached hydrogen (secondary N) is 1. The number of aromatic nitrogens is 1. The van der Waals surface area contributed by atoms with Gasteiger partial charge in [-0.3, -0.25) is 4.79 Å². The molecule has 1 saturated heterocycles. The van der Waals surface area contributed by atoms with E-state index in [0.29, 0.717) is 22.9 Å². The Morgan fingerprint density at radius 3 is 2.88 bits per heavy atom. The highest BCUT2D eigenvalue weighted by atomic mass is 19.4. The van der Waals surface area contributed by atoms with Gasteiger partial charge in [-0.2, -0.15) is 0 Å². The largest absolute Gasteiger partial charge is 0.573 e. The van der Waals surface area contributed by atoms with Crippen LogP contribution in [0.2, 0.25) is 0 Å². The number of aliphatic hydroxyl groups excluding tert-OH is 1. The summed E-state index contributed by atoms with van der Waals surface area (Å²) in [4.78, 5) is 18.5. The average Bonchev–Trinajstić information content (AvgIpc) is 3.12. The summed E-state index contributed by atoms with van der Waals surface area (Å²) in [6.45, 7) is 4.18. The van der Waals surface area contributed by atoms with E-state index in [1.165, 1.54) is 12.1 Å². The predicted molar refractivity (Wildman–Crippen MR) is 115 cm³/mol. The Labute approximate surface area is 185 Å². The van der Waals surface area contributed by atoms with E-state index < -0.39 is 6.36 Å². The molecule has 1 saturated carbocycles. The third kappa shape index (κ3) is 4.60. The second-order valence-corrected chi connectivity index (χ2v) is 9.81. The number of hydrogen-bond donors (Lipinski definition) is 2. The fourth-order valence-electron chi connectivity index (χ4n) is 5.98. The molecule has 4 atom stereocenters. The molecular formula is C24H31F3N2O3. The predicted octanol–water partition coefficient (Wildman–Crippen LogP) is 5.49. The maximum Gasteiger partial charge on any atom is 0.573 e. The molecule has 1 aromatic heterocycles. The first kappa shape index (κ1) is 23.0. The third-order valence-electron chi connectivity index (χ3n) is 7.25. The number of hydrogen-bond acceptors (Lipinski definition) is 3. The zero-order valence-corrected chi connectivity index (χ0v) is 18.5. The van der Waals surface area contributed by atoms with Gasteiger partial charge in [0, 0.05) is 42.2 Å². The summed E-state index contributed by atoms with van der Waals surface area (Å²) in [5.41, 5.74) is 1.39. The van der Waals surface area contributed by atoms with Gasteiger partial charge >= 0.3 is 6.36 Å². The van der Waals surface area contributed by atoms with Crippen LogP contribution in [0.1, 0.15) is 70.3 Å². The number of halogens is 3. The molecule has 4 unspecified atom stereocenters. The van der Waals surface area contributed by atoms with Gasteiger partial charge in [-0.05, 0) is 61.1 Å². The second-order valence-electron chi connectivity index (χ2n) is 9.81. The number of amides is 1. The number of H-pyrrole nitrogens is 1. The van der Waals surface area contributed by atoms with Crippen molar-refractivity contribution in [3.05, 3.63) is 30.0 Å². The molecule has 0 spiro atoms. The van der Waals surface area contributed by atoms with Crippen molar-refractivity contribution in [3.63, 3.8) is 0 Å². The number of carbonyl (C=O) groups excluding carboxylic acids is 1. The lowest BCUT2D eigenvalue weighted by atomic mass is 9.65. The molecule has 4 rings (SSSR count). The van der Waals surface area contributed by atoms with Crippen LogP contribution in [0, 0.1) is 5.41 Å². The number of aliphatic hydroxyl groups is 1. The molecule has 2 aliphatic rings. The van der Waals surface area contributed by atoms with Crippen molar-refractivity contribution in [3.8, 4) is 5.75 Å². The van der Waals surface area contributed by atoms with Gasteiger partial charge in [0.2, 0.25) is 5.91 Å². The number of likely N-dealkylation sites (tertiary alicyclic amines) is 1. The molecule has 1 aliphatic carbocycles. The first-order chi connectivity index (χ1) is 15.1. The molecule has 5 nitrogen and oxygen atoms in total. The number of rotatable bonds is 6. The van der Waals surface area contributed by atoms with Crippen LogP contribution in [0.3, 0.4) is 0 Å². The van der Waals surface area contributed by atoms with Crippen LogP contribution in [0.5, 0.6) is 5.75 Å². The highest BCUT2D eigenvalue weighted by Gasteiger charge is 2.45. The molecule has 1 aromatic carbocycles. The van der Waals surface area contributed by atoms with Crippen molar-refractivity contribution < 1.29 is 27.8 Å². The molecular weight excluding hydrogens is 421 g/mol. The normalized spacial score (nSPS) is 26.9. The van der Waals surface area contributed by atoms with E-state index in [0.717, 1.165) is 32.1 Å². The zero-order valence-electron chi connectivity index (χ0n) is 18.5. The highest BCUT2D eigenvalue weighted by Crippen LogP contribution is 2.48. The Morgan fingerprint density at radius 2 is 2.16 bits per heavy atom. The van der Waals surface area contributed by atoms with E-state index in [2.05, 4.69) is 16.6 Å². The summed E-state index contributed by atoms with van der Waals surface area (Å²) in [5.74, 6) is -0.542. The molecule has 2 fully saturated rings. The minimum absolute atomic E-state index is 0.00784. The van der Waals surface area contributed by atoms with E-state index in [4.69, 9.17) is 0 Å². The van der Waals surface area contributed by atoms with Gasteiger partial charge in [-0.15, -0.1) is 13.2 Å². The molecule has 1 aliphatic heterocycles. The van der Waals surface area contributed by atoms with Crippen molar-refractivity contribution in [2.75, 3.05) is 6.61 Å². The van der Waals surface area contributed by atoms with E-state index in [1.807, 2.05) is 11.8 Å². The van der Waals surface area contributed by atoms with Gasteiger partial charge in [0.15, 0.2) is 0 Å². The van der Waals surface area contributed by atoms with Gasteiger partial charge in [0.05, 0.1) is 0 Å². The van der Waals surface area contributed by atoms with Gasteiger partial charge in [0.25, 0.3) is 0 Å². The standard InChI is InChI=1S/C24H31F3N2O3/c1-15(18-14-28-19-6-3-7-20(22(18)19)32-24(25,26)27)11-21(31)29-16-5-4-9-23(2,12-16)13-17(29)8-10-30/h3,6-7,14-17,28,30H,4-5,8-13H2,1-2H3. The number of alkyl halides is 3. The van der Waals surface area contributed by atoms with Crippen molar-refractivity contribution >= 4 is 16.8 Å². The molecule has 2 bridgehead atoms. The second kappa shape index (κ2) is 8.61. The lowest BCUT2D eigenvalue weighted by Crippen LogP contribution is -2.56. The number of ether oxygens (including phenoxy) is 1. The van der Waals surface area contributed by atoms with Gasteiger partial charge in [-0.1, -0.05) is 26.3 Å². The number of carbonyl (C=O) groups is 1. The van der Waals surface area contributed by atoms with Crippen LogP contribution in [0.4, 0.5) is 13.2 Å². The molecule has 2 N–H and O–H groups in total. The maximum atomic E-state index is 13.5. The number of benzene rings is 1. The van der Waals surface area contributed by atoms with E-state index >= 15 is 0 Å². The molecule has 32 heavy (non-hydrogen) atoms. The summed E-state index contributed by atoms with van der Waals surface area (Å²) in [5, 5.41) is 9.95. The lowest BCUT2D eigenvalue weighted by molar-refractivity contribution is -0.274. The molecule has 0 radical (unpaired) electrons. The van der Waals surface area contributed by atoms with E-state index in [-0.39, 0.29) is 48.1 Å². The van der Waals surface area contributed by atoms with Crippen LogP contribution in [-0.4, -0.2) is 46.0 Å². The minimum Gasteiger partial charge on any atom is -0.405 e. The molecule has 176 valence electrons. The van der Waals surface area contributed by atoms with Crippen molar-refractivity contribution in [2.45, 2.75) is 83.2 Å². The van der Waals surface area contributed by atoms with Crippen LogP contribution < -0.4 is 4.74 Å². The SMILES string of the molecule is CC(CC(=O)N1C(CCO)CC2(C)CCCC1C2)c1c[nH]c2cccc(OC(F)(F)F)c12. The lowest BCUT2D eigenvalue weighted by Gasteiger charge is -2.53. The van der Waals surface area contributed by atoms with Crippen LogP contribution in [-0.2, 0) is 4.79 Å². The molecule has 1 amide bonds. The van der Waals surface area contributed by atoms with Crippen molar-refractivity contribution in [1.82, 2.24) is 9.88 Å². The number of fused-ring (bicyclic) bond motifs is 3.